The number of hydrogen-bond acceptors (Lipinski definition) is 4. The van der Waals surface area contributed by atoms with Crippen LogP contribution in [0.1, 0.15) is 29.7 Å². The quantitative estimate of drug-likeness (QED) is 0.543. The Labute approximate surface area is 179 Å². The van der Waals surface area contributed by atoms with Crippen LogP contribution in [0, 0.1) is 5.92 Å². The molecule has 0 saturated heterocycles. The zero-order valence-electron chi connectivity index (χ0n) is 17.6. The minimum absolute atomic E-state index is 0.143. The fourth-order valence-electron chi connectivity index (χ4n) is 4.69. The molecule has 6 rings (SSSR count). The van der Waals surface area contributed by atoms with Crippen molar-refractivity contribution in [1.82, 2.24) is 34.4 Å². The first-order valence-corrected chi connectivity index (χ1v) is 10.9. The van der Waals surface area contributed by atoms with Gasteiger partial charge in [-0.15, -0.1) is 10.2 Å². The van der Waals surface area contributed by atoms with E-state index < -0.39 is 0 Å². The summed E-state index contributed by atoms with van der Waals surface area (Å²) in [5.74, 6) is 1.68. The normalized spacial score (nSPS) is 16.1. The van der Waals surface area contributed by atoms with Gasteiger partial charge in [-0.2, -0.15) is 5.10 Å². The number of rotatable bonds is 5. The predicted molar refractivity (Wildman–Crippen MR) is 116 cm³/mol. The van der Waals surface area contributed by atoms with E-state index in [1.165, 1.54) is 18.5 Å². The van der Waals surface area contributed by atoms with Crippen LogP contribution >= 0.6 is 0 Å². The van der Waals surface area contributed by atoms with E-state index in [-0.39, 0.29) is 5.91 Å². The largest absolute Gasteiger partial charge is 0.361 e. The molecule has 4 aromatic rings. The lowest BCUT2D eigenvalue weighted by atomic mass is 10.0. The van der Waals surface area contributed by atoms with Crippen LogP contribution in [0.4, 0.5) is 0 Å². The maximum atomic E-state index is 13.2. The molecule has 1 aliphatic heterocycles. The number of amides is 1. The first-order valence-electron chi connectivity index (χ1n) is 10.9. The highest BCUT2D eigenvalue weighted by Crippen LogP contribution is 2.33. The Morgan fingerprint density at radius 1 is 1.26 bits per heavy atom. The van der Waals surface area contributed by atoms with Crippen molar-refractivity contribution in [1.29, 1.82) is 0 Å². The number of carbonyl (C=O) groups is 1. The highest BCUT2D eigenvalue weighted by molar-refractivity contribution is 5.89. The van der Waals surface area contributed by atoms with Gasteiger partial charge in [-0.3, -0.25) is 9.48 Å². The maximum Gasteiger partial charge on any atom is 0.227 e. The lowest BCUT2D eigenvalue weighted by Crippen LogP contribution is -2.37. The second-order valence-corrected chi connectivity index (χ2v) is 8.75. The summed E-state index contributed by atoms with van der Waals surface area (Å²) in [7, 11) is 1.98. The molecule has 1 fully saturated rings. The standard InChI is InChI=1S/C23H25N7O/c1-28-20-8-9-29(21(31)10-16-11-24-19-5-3-2-4-17(16)19)13-18(20)22(27-28)23-26-25-14-30(23)12-15-6-7-15/h2-5,11,14-15,24H,6-10,12-13H2,1H3. The number of nitrogens with zero attached hydrogens (tertiary/aromatic N) is 6. The number of hydrogen-bond donors (Lipinski definition) is 1. The Bertz CT molecular complexity index is 1280. The van der Waals surface area contributed by atoms with E-state index in [4.69, 9.17) is 5.10 Å². The molecule has 1 amide bonds. The van der Waals surface area contributed by atoms with Gasteiger partial charge in [0.25, 0.3) is 0 Å². The number of carbonyl (C=O) groups excluding carboxylic acids is 1. The summed E-state index contributed by atoms with van der Waals surface area (Å²) in [5, 5.41) is 14.4. The average Bonchev–Trinajstić information content (AvgIpc) is 3.18. The minimum atomic E-state index is 0.143. The molecule has 0 bridgehead atoms. The van der Waals surface area contributed by atoms with E-state index >= 15 is 0 Å². The molecule has 0 radical (unpaired) electrons. The number of aromatic nitrogens is 6. The Kier molecular flexibility index (Phi) is 4.19. The van der Waals surface area contributed by atoms with Gasteiger partial charge in [0.15, 0.2) is 5.82 Å². The highest BCUT2D eigenvalue weighted by atomic mass is 16.2. The van der Waals surface area contributed by atoms with Crippen molar-refractivity contribution >= 4 is 16.8 Å². The second-order valence-electron chi connectivity index (χ2n) is 8.75. The van der Waals surface area contributed by atoms with Crippen LogP contribution in [-0.4, -0.2) is 46.9 Å². The van der Waals surface area contributed by atoms with Crippen LogP contribution in [0.2, 0.25) is 0 Å². The summed E-state index contributed by atoms with van der Waals surface area (Å²) in [6.07, 6.45) is 7.50. The van der Waals surface area contributed by atoms with Gasteiger partial charge in [0.1, 0.15) is 12.0 Å². The molecular formula is C23H25N7O. The molecule has 1 aliphatic carbocycles. The van der Waals surface area contributed by atoms with Gasteiger partial charge in [-0.1, -0.05) is 18.2 Å². The molecule has 0 atom stereocenters. The zero-order valence-corrected chi connectivity index (χ0v) is 17.6. The van der Waals surface area contributed by atoms with Gasteiger partial charge in [0.2, 0.25) is 5.91 Å². The van der Waals surface area contributed by atoms with Crippen LogP contribution in [-0.2, 0) is 37.8 Å². The van der Waals surface area contributed by atoms with E-state index in [1.807, 2.05) is 41.0 Å². The van der Waals surface area contributed by atoms with E-state index in [0.717, 1.165) is 52.4 Å². The fourth-order valence-corrected chi connectivity index (χ4v) is 4.69. The summed E-state index contributed by atoms with van der Waals surface area (Å²) in [6.45, 7) is 2.22. The predicted octanol–water partition coefficient (Wildman–Crippen LogP) is 2.70. The summed E-state index contributed by atoms with van der Waals surface area (Å²) < 4.78 is 4.06. The molecular weight excluding hydrogens is 390 g/mol. The summed E-state index contributed by atoms with van der Waals surface area (Å²) >= 11 is 0. The summed E-state index contributed by atoms with van der Waals surface area (Å²) in [4.78, 5) is 18.4. The second kappa shape index (κ2) is 7.08. The number of H-pyrrole nitrogens is 1. The van der Waals surface area contributed by atoms with E-state index in [9.17, 15) is 4.79 Å². The first-order chi connectivity index (χ1) is 15.2. The smallest absolute Gasteiger partial charge is 0.227 e. The van der Waals surface area contributed by atoms with E-state index in [1.54, 1.807) is 6.33 Å². The molecule has 0 spiro atoms. The van der Waals surface area contributed by atoms with Crippen LogP contribution < -0.4 is 0 Å². The molecule has 1 N–H and O–H groups in total. The molecule has 0 unspecified atom stereocenters. The molecule has 1 saturated carbocycles. The van der Waals surface area contributed by atoms with Crippen LogP contribution in [0.5, 0.6) is 0 Å². The van der Waals surface area contributed by atoms with Gasteiger partial charge >= 0.3 is 0 Å². The lowest BCUT2D eigenvalue weighted by Gasteiger charge is -2.27. The Balaban J connectivity index is 1.27. The highest BCUT2D eigenvalue weighted by Gasteiger charge is 2.30. The van der Waals surface area contributed by atoms with Crippen molar-refractivity contribution < 1.29 is 4.79 Å². The summed E-state index contributed by atoms with van der Waals surface area (Å²) in [6, 6.07) is 8.12. The van der Waals surface area contributed by atoms with Crippen molar-refractivity contribution in [2.24, 2.45) is 13.0 Å². The van der Waals surface area contributed by atoms with Gasteiger partial charge in [0.05, 0.1) is 6.42 Å². The van der Waals surface area contributed by atoms with Gasteiger partial charge in [-0.25, -0.2) is 0 Å². The van der Waals surface area contributed by atoms with Crippen molar-refractivity contribution in [3.05, 3.63) is 53.6 Å². The number of nitrogens with one attached hydrogen (secondary N) is 1. The molecule has 3 aromatic heterocycles. The molecule has 31 heavy (non-hydrogen) atoms. The SMILES string of the molecule is Cn1nc(-c2nncn2CC2CC2)c2c1CCN(C(=O)Cc1c[nH]c3ccccc13)C2. The van der Waals surface area contributed by atoms with E-state index in [0.29, 0.717) is 19.5 Å². The molecule has 2 aliphatic rings. The van der Waals surface area contributed by atoms with Gasteiger partial charge < -0.3 is 14.5 Å². The van der Waals surface area contributed by atoms with Crippen molar-refractivity contribution in [3.8, 4) is 11.5 Å². The molecule has 158 valence electrons. The molecule has 8 nitrogen and oxygen atoms in total. The van der Waals surface area contributed by atoms with Crippen molar-refractivity contribution in [2.45, 2.75) is 38.8 Å². The third-order valence-corrected chi connectivity index (χ3v) is 6.59. The lowest BCUT2D eigenvalue weighted by molar-refractivity contribution is -0.131. The third-order valence-electron chi connectivity index (χ3n) is 6.59. The number of para-hydroxylation sites is 1. The van der Waals surface area contributed by atoms with E-state index in [2.05, 4.69) is 25.8 Å². The first kappa shape index (κ1) is 18.4. The number of fused-ring (bicyclic) bond motifs is 2. The van der Waals surface area contributed by atoms with Crippen molar-refractivity contribution in [2.75, 3.05) is 6.54 Å². The van der Waals surface area contributed by atoms with Crippen LogP contribution in [0.3, 0.4) is 0 Å². The Hall–Kier alpha value is -3.42. The maximum absolute atomic E-state index is 13.2. The minimum Gasteiger partial charge on any atom is -0.361 e. The number of aryl methyl sites for hydroxylation is 1. The third kappa shape index (κ3) is 3.22. The van der Waals surface area contributed by atoms with Gasteiger partial charge in [0, 0.05) is 61.5 Å². The monoisotopic (exact) mass is 415 g/mol. The van der Waals surface area contributed by atoms with Crippen LogP contribution in [0.15, 0.2) is 36.8 Å². The molecule has 1 aromatic carbocycles. The Morgan fingerprint density at radius 2 is 2.13 bits per heavy atom. The zero-order chi connectivity index (χ0) is 20.9. The number of benzene rings is 1. The van der Waals surface area contributed by atoms with Crippen molar-refractivity contribution in [3.63, 3.8) is 0 Å². The molecule has 8 heteroatoms. The molecule has 4 heterocycles. The average molecular weight is 416 g/mol. The summed E-state index contributed by atoms with van der Waals surface area (Å²) in [5.41, 5.74) is 5.26. The van der Waals surface area contributed by atoms with Crippen LogP contribution in [0.25, 0.3) is 22.4 Å². The fraction of sp³-hybridized carbons (Fsp3) is 0.391. The van der Waals surface area contributed by atoms with Gasteiger partial charge in [-0.05, 0) is 30.4 Å². The Morgan fingerprint density at radius 3 is 3.00 bits per heavy atom. The topological polar surface area (TPSA) is 84.6 Å². The number of aromatic amines is 1.